The van der Waals surface area contributed by atoms with E-state index in [-0.39, 0.29) is 23.5 Å². The average molecular weight is 349 g/mol. The van der Waals surface area contributed by atoms with Gasteiger partial charge in [0, 0.05) is 17.7 Å². The standard InChI is InChI=1S/C15H13ClN4O4/c16-12-3-1-2-4-13(12)17-9-15(22)19-18-8-10-7-11(20(23)24)5-6-14(10)21/h1-8,17,21H,9H2,(H,19,22). The van der Waals surface area contributed by atoms with E-state index >= 15 is 0 Å². The van der Waals surface area contributed by atoms with Crippen LogP contribution in [-0.4, -0.2) is 28.7 Å². The molecule has 0 aliphatic carbocycles. The van der Waals surface area contributed by atoms with Crippen LogP contribution in [0.1, 0.15) is 5.56 Å². The fourth-order valence-electron chi connectivity index (χ4n) is 1.75. The summed E-state index contributed by atoms with van der Waals surface area (Å²) in [6, 6.07) is 10.4. The first-order chi connectivity index (χ1) is 11.5. The maximum atomic E-state index is 11.7. The SMILES string of the molecule is O=C(CNc1ccccc1Cl)NN=Cc1cc([N+](=O)[O-])ccc1O. The molecule has 0 unspecified atom stereocenters. The number of non-ortho nitro benzene ring substituents is 1. The topological polar surface area (TPSA) is 117 Å². The molecule has 0 atom stereocenters. The summed E-state index contributed by atoms with van der Waals surface area (Å²) in [4.78, 5) is 21.8. The molecule has 2 aromatic carbocycles. The Morgan fingerprint density at radius 3 is 2.79 bits per heavy atom. The van der Waals surface area contributed by atoms with Crippen LogP contribution in [0.2, 0.25) is 5.02 Å². The Hall–Kier alpha value is -3.13. The van der Waals surface area contributed by atoms with Crippen LogP contribution in [0.25, 0.3) is 0 Å². The summed E-state index contributed by atoms with van der Waals surface area (Å²) >= 11 is 5.94. The van der Waals surface area contributed by atoms with E-state index < -0.39 is 10.8 Å². The molecule has 0 heterocycles. The van der Waals surface area contributed by atoms with E-state index in [1.807, 2.05) is 0 Å². The first-order valence-corrected chi connectivity index (χ1v) is 7.13. The minimum absolute atomic E-state index is 0.0675. The van der Waals surface area contributed by atoms with E-state index in [1.165, 1.54) is 12.1 Å². The second-order valence-corrected chi connectivity index (χ2v) is 5.03. The van der Waals surface area contributed by atoms with Gasteiger partial charge in [-0.15, -0.1) is 0 Å². The predicted molar refractivity (Wildman–Crippen MR) is 90.4 cm³/mol. The van der Waals surface area contributed by atoms with Gasteiger partial charge in [0.1, 0.15) is 5.75 Å². The molecule has 0 saturated carbocycles. The monoisotopic (exact) mass is 348 g/mol. The molecule has 0 bridgehead atoms. The Kier molecular flexibility index (Phi) is 5.69. The number of halogens is 1. The number of nitro benzene ring substituents is 1. The lowest BCUT2D eigenvalue weighted by molar-refractivity contribution is -0.384. The molecular weight excluding hydrogens is 336 g/mol. The Morgan fingerprint density at radius 2 is 2.08 bits per heavy atom. The summed E-state index contributed by atoms with van der Waals surface area (Å²) in [5.74, 6) is -0.635. The molecule has 2 rings (SSSR count). The molecule has 0 aromatic heterocycles. The number of nitrogens with one attached hydrogen (secondary N) is 2. The Balaban J connectivity index is 1.92. The molecule has 0 radical (unpaired) electrons. The predicted octanol–water partition coefficient (Wildman–Crippen LogP) is 2.52. The van der Waals surface area contributed by atoms with E-state index in [1.54, 1.807) is 24.3 Å². The number of hydrogen-bond donors (Lipinski definition) is 3. The third-order valence-corrected chi connectivity index (χ3v) is 3.26. The number of amides is 1. The molecule has 24 heavy (non-hydrogen) atoms. The first kappa shape index (κ1) is 17.2. The quantitative estimate of drug-likeness (QED) is 0.421. The number of hydrazone groups is 1. The maximum Gasteiger partial charge on any atom is 0.270 e. The first-order valence-electron chi connectivity index (χ1n) is 6.75. The van der Waals surface area contributed by atoms with Crippen LogP contribution in [0, 0.1) is 10.1 Å². The number of phenolic OH excluding ortho intramolecular Hbond substituents is 1. The fourth-order valence-corrected chi connectivity index (χ4v) is 1.95. The number of phenols is 1. The molecule has 124 valence electrons. The van der Waals surface area contributed by atoms with E-state index in [9.17, 15) is 20.0 Å². The van der Waals surface area contributed by atoms with Gasteiger partial charge in [0.2, 0.25) is 0 Å². The van der Waals surface area contributed by atoms with Crippen molar-refractivity contribution in [2.75, 3.05) is 11.9 Å². The van der Waals surface area contributed by atoms with Crippen molar-refractivity contribution in [3.63, 3.8) is 0 Å². The summed E-state index contributed by atoms with van der Waals surface area (Å²) in [5, 5.41) is 27.3. The van der Waals surface area contributed by atoms with Gasteiger partial charge in [-0.25, -0.2) is 5.43 Å². The van der Waals surface area contributed by atoms with Crippen molar-refractivity contribution in [3.05, 3.63) is 63.2 Å². The van der Waals surface area contributed by atoms with Crippen molar-refractivity contribution in [3.8, 4) is 5.75 Å². The summed E-state index contributed by atoms with van der Waals surface area (Å²) in [6.45, 7) is -0.0675. The summed E-state index contributed by atoms with van der Waals surface area (Å²) in [7, 11) is 0. The van der Waals surface area contributed by atoms with Crippen molar-refractivity contribution < 1.29 is 14.8 Å². The summed E-state index contributed by atoms with van der Waals surface area (Å²) in [6.07, 6.45) is 1.12. The van der Waals surface area contributed by atoms with Gasteiger partial charge in [-0.1, -0.05) is 23.7 Å². The number of para-hydroxylation sites is 1. The van der Waals surface area contributed by atoms with E-state index in [2.05, 4.69) is 15.8 Å². The Bertz CT molecular complexity index is 795. The lowest BCUT2D eigenvalue weighted by Gasteiger charge is -2.06. The Morgan fingerprint density at radius 1 is 1.33 bits per heavy atom. The number of carbonyl (C=O) groups is 1. The largest absolute Gasteiger partial charge is 0.507 e. The number of nitro groups is 1. The van der Waals surface area contributed by atoms with Crippen molar-refractivity contribution in [1.29, 1.82) is 0 Å². The van der Waals surface area contributed by atoms with Crippen LogP contribution in [0.3, 0.4) is 0 Å². The molecule has 0 spiro atoms. The highest BCUT2D eigenvalue weighted by Crippen LogP contribution is 2.21. The van der Waals surface area contributed by atoms with Crippen molar-refractivity contribution in [2.45, 2.75) is 0 Å². The zero-order valence-electron chi connectivity index (χ0n) is 12.3. The molecule has 2 aromatic rings. The minimum Gasteiger partial charge on any atom is -0.507 e. The second-order valence-electron chi connectivity index (χ2n) is 4.63. The molecule has 0 aliphatic heterocycles. The van der Waals surface area contributed by atoms with Gasteiger partial charge in [0.25, 0.3) is 11.6 Å². The minimum atomic E-state index is -0.594. The number of rotatable bonds is 6. The number of benzene rings is 2. The highest BCUT2D eigenvalue weighted by molar-refractivity contribution is 6.33. The van der Waals surface area contributed by atoms with E-state index in [0.29, 0.717) is 10.7 Å². The number of hydrogen-bond acceptors (Lipinski definition) is 6. The van der Waals surface area contributed by atoms with Gasteiger partial charge in [-0.05, 0) is 18.2 Å². The van der Waals surface area contributed by atoms with Crippen molar-refractivity contribution in [1.82, 2.24) is 5.43 Å². The van der Waals surface area contributed by atoms with Crippen LogP contribution >= 0.6 is 11.6 Å². The lowest BCUT2D eigenvalue weighted by Crippen LogP contribution is -2.25. The van der Waals surface area contributed by atoms with Crippen molar-refractivity contribution in [2.24, 2.45) is 5.10 Å². The number of aromatic hydroxyl groups is 1. The van der Waals surface area contributed by atoms with Crippen LogP contribution < -0.4 is 10.7 Å². The normalized spacial score (nSPS) is 10.5. The average Bonchev–Trinajstić information content (AvgIpc) is 2.55. The maximum absolute atomic E-state index is 11.7. The molecule has 3 N–H and O–H groups in total. The van der Waals surface area contributed by atoms with Gasteiger partial charge in [0.05, 0.1) is 28.4 Å². The lowest BCUT2D eigenvalue weighted by atomic mass is 10.2. The van der Waals surface area contributed by atoms with Crippen LogP contribution in [-0.2, 0) is 4.79 Å². The zero-order chi connectivity index (χ0) is 17.5. The molecule has 8 nitrogen and oxygen atoms in total. The number of nitrogens with zero attached hydrogens (tertiary/aromatic N) is 2. The number of anilines is 1. The van der Waals surface area contributed by atoms with Gasteiger partial charge in [-0.2, -0.15) is 5.10 Å². The second kappa shape index (κ2) is 7.93. The van der Waals surface area contributed by atoms with Gasteiger partial charge >= 0.3 is 0 Å². The molecule has 0 saturated heterocycles. The van der Waals surface area contributed by atoms with Crippen LogP contribution in [0.15, 0.2) is 47.6 Å². The zero-order valence-corrected chi connectivity index (χ0v) is 13.0. The summed E-state index contributed by atoms with van der Waals surface area (Å²) in [5.41, 5.74) is 2.77. The summed E-state index contributed by atoms with van der Waals surface area (Å²) < 4.78 is 0. The van der Waals surface area contributed by atoms with Gasteiger partial charge in [0.15, 0.2) is 0 Å². The molecular formula is C15H13ClN4O4. The van der Waals surface area contributed by atoms with E-state index in [4.69, 9.17) is 11.6 Å². The highest BCUT2D eigenvalue weighted by atomic mass is 35.5. The molecule has 0 fully saturated rings. The van der Waals surface area contributed by atoms with Gasteiger partial charge < -0.3 is 10.4 Å². The highest BCUT2D eigenvalue weighted by Gasteiger charge is 2.09. The Labute approximate surface area is 141 Å². The third kappa shape index (κ3) is 4.68. The third-order valence-electron chi connectivity index (χ3n) is 2.93. The van der Waals surface area contributed by atoms with Crippen LogP contribution in [0.4, 0.5) is 11.4 Å². The van der Waals surface area contributed by atoms with Gasteiger partial charge in [-0.3, -0.25) is 14.9 Å². The molecule has 9 heteroatoms. The fraction of sp³-hybridized carbons (Fsp3) is 0.0667. The molecule has 1 amide bonds. The smallest absolute Gasteiger partial charge is 0.270 e. The number of carbonyl (C=O) groups excluding carboxylic acids is 1. The van der Waals surface area contributed by atoms with Crippen molar-refractivity contribution >= 4 is 35.1 Å². The molecule has 0 aliphatic rings. The van der Waals surface area contributed by atoms with Crippen LogP contribution in [0.5, 0.6) is 5.75 Å². The van der Waals surface area contributed by atoms with E-state index in [0.717, 1.165) is 12.3 Å².